The maximum absolute atomic E-state index is 13.6. The first-order valence-corrected chi connectivity index (χ1v) is 15.2. The molecule has 3 atom stereocenters. The molecule has 4 rings (SSSR count). The van der Waals surface area contributed by atoms with Crippen LogP contribution in [0.2, 0.25) is 18.6 Å². The molecule has 0 saturated heterocycles. The molecule has 2 heterocycles. The van der Waals surface area contributed by atoms with Gasteiger partial charge >= 0.3 is 11.4 Å². The summed E-state index contributed by atoms with van der Waals surface area (Å²) in [6, 6.07) is 19.0. The second-order valence-corrected chi connectivity index (χ2v) is 14.5. The molecule has 6 nitrogen and oxygen atoms in total. The van der Waals surface area contributed by atoms with Crippen molar-refractivity contribution in [3.8, 4) is 5.69 Å². The summed E-state index contributed by atoms with van der Waals surface area (Å²) < 4.78 is 4.39. The number of aromatic nitrogens is 3. The summed E-state index contributed by atoms with van der Waals surface area (Å²) in [6.45, 7) is 7.20. The molecule has 0 amide bonds. The minimum absolute atomic E-state index is 0.0481. The van der Waals surface area contributed by atoms with E-state index in [0.29, 0.717) is 18.7 Å². The van der Waals surface area contributed by atoms with Crippen LogP contribution in [0.1, 0.15) is 45.1 Å². The Morgan fingerprint density at radius 2 is 1.58 bits per heavy atom. The van der Waals surface area contributed by atoms with E-state index in [1.54, 1.807) is 21.5 Å². The topological polar surface area (TPSA) is 69.2 Å². The predicted octanol–water partition coefficient (Wildman–Crippen LogP) is 3.67. The molecule has 2 aromatic carbocycles. The van der Waals surface area contributed by atoms with E-state index in [4.69, 9.17) is 0 Å². The Kier molecular flexibility index (Phi) is 6.90. The molecule has 0 bridgehead atoms. The van der Waals surface area contributed by atoms with E-state index in [0.717, 1.165) is 25.7 Å². The van der Waals surface area contributed by atoms with Crippen LogP contribution >= 0.6 is 0 Å². The average Bonchev–Trinajstić information content (AvgIpc) is 3.34. The Morgan fingerprint density at radius 1 is 0.939 bits per heavy atom. The van der Waals surface area contributed by atoms with Crippen LogP contribution in [0.4, 0.5) is 0 Å². The molecule has 1 N–H and O–H groups in total. The molecule has 0 fully saturated rings. The Labute approximate surface area is 196 Å². The maximum atomic E-state index is 13.6. The van der Waals surface area contributed by atoms with Crippen LogP contribution in [0, 0.1) is 0 Å². The minimum atomic E-state index is -2.12. The van der Waals surface area contributed by atoms with Crippen LogP contribution in [0.5, 0.6) is 0 Å². The zero-order valence-electron chi connectivity index (χ0n) is 19.9. The molecule has 1 aliphatic rings. The molecule has 0 saturated carbocycles. The lowest BCUT2D eigenvalue weighted by molar-refractivity contribution is 0.0984. The summed E-state index contributed by atoms with van der Waals surface area (Å²) in [4.78, 5) is 27.0. The highest BCUT2D eigenvalue weighted by atomic mass is 28.3. The fourth-order valence-electron chi connectivity index (χ4n) is 5.33. The third-order valence-corrected chi connectivity index (χ3v) is 11.5. The fraction of sp³-hybridized carbons (Fsp3) is 0.462. The van der Waals surface area contributed by atoms with E-state index in [1.807, 2.05) is 36.4 Å². The zero-order valence-corrected chi connectivity index (χ0v) is 20.9. The highest BCUT2D eigenvalue weighted by Crippen LogP contribution is 2.41. The largest absolute Gasteiger partial charge is 0.391 e. The van der Waals surface area contributed by atoms with Gasteiger partial charge in [0.2, 0.25) is 0 Å². The number of rotatable bonds is 9. The van der Waals surface area contributed by atoms with E-state index < -0.39 is 20.2 Å². The molecule has 0 unspecified atom stereocenters. The molecule has 0 radical (unpaired) electrons. The zero-order chi connectivity index (χ0) is 23.6. The van der Waals surface area contributed by atoms with Gasteiger partial charge in [-0.25, -0.2) is 23.5 Å². The van der Waals surface area contributed by atoms with Crippen molar-refractivity contribution in [1.29, 1.82) is 0 Å². The van der Waals surface area contributed by atoms with Gasteiger partial charge in [0.05, 0.1) is 25.9 Å². The van der Waals surface area contributed by atoms with Crippen LogP contribution < -0.4 is 16.6 Å². The van der Waals surface area contributed by atoms with Crippen LogP contribution in [-0.2, 0) is 6.54 Å². The van der Waals surface area contributed by atoms with Gasteiger partial charge in [0.15, 0.2) is 0 Å². The van der Waals surface area contributed by atoms with Crippen molar-refractivity contribution in [2.24, 2.45) is 0 Å². The van der Waals surface area contributed by atoms with Gasteiger partial charge in [0.1, 0.15) is 0 Å². The van der Waals surface area contributed by atoms with Crippen molar-refractivity contribution < 1.29 is 5.11 Å². The molecule has 176 valence electrons. The second kappa shape index (κ2) is 9.69. The third kappa shape index (κ3) is 4.31. The van der Waals surface area contributed by atoms with Crippen LogP contribution in [0.15, 0.2) is 70.3 Å². The fourth-order valence-corrected chi connectivity index (χ4v) is 8.66. The molecular weight excluding hydrogens is 430 g/mol. The highest BCUT2D eigenvalue weighted by molar-refractivity contribution is 6.91. The lowest BCUT2D eigenvalue weighted by Gasteiger charge is -2.35. The van der Waals surface area contributed by atoms with E-state index in [2.05, 4.69) is 32.2 Å². The summed E-state index contributed by atoms with van der Waals surface area (Å²) in [6.07, 6.45) is 4.23. The smallest absolute Gasteiger partial charge is 0.352 e. The highest BCUT2D eigenvalue weighted by Gasteiger charge is 2.49. The predicted molar refractivity (Wildman–Crippen MR) is 135 cm³/mol. The van der Waals surface area contributed by atoms with Gasteiger partial charge in [0, 0.05) is 12.1 Å². The third-order valence-electron chi connectivity index (χ3n) is 7.33. The molecule has 1 aliphatic heterocycles. The lowest BCUT2D eigenvalue weighted by Crippen LogP contribution is -2.50. The van der Waals surface area contributed by atoms with Crippen molar-refractivity contribution >= 4 is 13.3 Å². The van der Waals surface area contributed by atoms with Crippen LogP contribution in [-0.4, -0.2) is 33.2 Å². The number of fused-ring (bicyclic) bond motifs is 1. The Bertz CT molecular complexity index is 1180. The molecule has 1 aromatic heterocycles. The van der Waals surface area contributed by atoms with Gasteiger partial charge in [-0.1, -0.05) is 99.4 Å². The molecule has 7 heteroatoms. The molecule has 33 heavy (non-hydrogen) atoms. The second-order valence-electron chi connectivity index (χ2n) is 9.76. The number of para-hydroxylation sites is 1. The number of aliphatic hydroxyl groups is 1. The number of nitrogens with zero attached hydrogens (tertiary/aromatic N) is 3. The van der Waals surface area contributed by atoms with Crippen molar-refractivity contribution in [1.82, 2.24) is 13.9 Å². The van der Waals surface area contributed by atoms with Gasteiger partial charge in [-0.2, -0.15) is 0 Å². The Morgan fingerprint density at radius 3 is 2.21 bits per heavy atom. The minimum Gasteiger partial charge on any atom is -0.391 e. The van der Waals surface area contributed by atoms with Gasteiger partial charge in [-0.15, -0.1) is 0 Å². The van der Waals surface area contributed by atoms with Crippen molar-refractivity contribution in [3.63, 3.8) is 0 Å². The van der Waals surface area contributed by atoms with Gasteiger partial charge in [-0.05, 0) is 18.6 Å². The van der Waals surface area contributed by atoms with Gasteiger partial charge < -0.3 is 5.11 Å². The molecule has 3 aromatic rings. The maximum Gasteiger partial charge on any atom is 0.352 e. The molecule has 0 spiro atoms. The first kappa shape index (κ1) is 23.5. The van der Waals surface area contributed by atoms with E-state index in [1.165, 1.54) is 9.75 Å². The normalized spacial score (nSPS) is 18.9. The quantitative estimate of drug-likeness (QED) is 0.387. The Balaban J connectivity index is 1.78. The molecular formula is C26H35N3O3Si. The number of aliphatic hydroxyl groups excluding tert-OH is 1. The van der Waals surface area contributed by atoms with Crippen molar-refractivity contribution in [2.75, 3.05) is 0 Å². The Hall–Kier alpha value is -2.64. The average molecular weight is 466 g/mol. The number of hydrogen-bond acceptors (Lipinski definition) is 3. The van der Waals surface area contributed by atoms with Crippen molar-refractivity contribution in [3.05, 3.63) is 81.6 Å². The summed E-state index contributed by atoms with van der Waals surface area (Å²) >= 11 is 0. The SMILES string of the molecule is CCCCCC[C@H](O)[C@@H]1[C@@H]([Si](C)(C)c2ccccc2)Cn2c(=O)n(-c3ccccc3)c(=O)n21. The summed E-state index contributed by atoms with van der Waals surface area (Å²) in [5.41, 5.74) is -0.0694. The van der Waals surface area contributed by atoms with Crippen LogP contribution in [0.3, 0.4) is 0 Å². The van der Waals surface area contributed by atoms with Crippen LogP contribution in [0.25, 0.3) is 5.69 Å². The monoisotopic (exact) mass is 465 g/mol. The van der Waals surface area contributed by atoms with E-state index in [-0.39, 0.29) is 16.9 Å². The summed E-state index contributed by atoms with van der Waals surface area (Å²) in [7, 11) is -2.12. The van der Waals surface area contributed by atoms with E-state index >= 15 is 0 Å². The first-order chi connectivity index (χ1) is 15.9. The lowest BCUT2D eigenvalue weighted by atomic mass is 10.0. The number of unbranched alkanes of at least 4 members (excludes halogenated alkanes) is 3. The van der Waals surface area contributed by atoms with E-state index in [9.17, 15) is 14.7 Å². The summed E-state index contributed by atoms with van der Waals surface area (Å²) in [5.74, 6) is 0. The van der Waals surface area contributed by atoms with Gasteiger partial charge in [0.25, 0.3) is 0 Å². The molecule has 0 aliphatic carbocycles. The van der Waals surface area contributed by atoms with Crippen molar-refractivity contribution in [2.45, 2.75) is 76.4 Å². The summed E-state index contributed by atoms with van der Waals surface area (Å²) in [5, 5.41) is 12.7. The van der Waals surface area contributed by atoms with Gasteiger partial charge in [-0.3, -0.25) is 0 Å². The number of benzene rings is 2. The first-order valence-electron chi connectivity index (χ1n) is 12.1. The number of hydrogen-bond donors (Lipinski definition) is 1. The standard InChI is InChI=1S/C26H35N3O3Si/c1-4-5-6-13-18-22(30)24-23(33(2,3)21-16-11-8-12-17-21)19-27-25(31)28(26(32)29(24)27)20-14-9-7-10-15-20/h7-12,14-17,22-24,30H,4-6,13,18-19H2,1-3H3/t22-,23-,24+/m0/s1.